The van der Waals surface area contributed by atoms with E-state index >= 15 is 0 Å². The fourth-order valence-corrected chi connectivity index (χ4v) is 3.45. The van der Waals surface area contributed by atoms with Crippen molar-refractivity contribution < 1.29 is 9.59 Å². The zero-order valence-corrected chi connectivity index (χ0v) is 18.6. The normalized spacial score (nSPS) is 10.6. The third-order valence-corrected chi connectivity index (χ3v) is 5.10. The number of aromatic amines is 1. The number of hydrogen-bond donors (Lipinski definition) is 3. The number of H-pyrrole nitrogens is 1. The Bertz CT molecular complexity index is 1250. The zero-order valence-electron chi connectivity index (χ0n) is 18.6. The number of carbonyl (C=O) groups excluding carboxylic acids is 2. The Morgan fingerprint density at radius 3 is 2.33 bits per heavy atom. The molecule has 3 aromatic rings. The lowest BCUT2D eigenvalue weighted by molar-refractivity contribution is -0.114. The van der Waals surface area contributed by atoms with Crippen molar-refractivity contribution in [3.05, 3.63) is 86.6 Å². The summed E-state index contributed by atoms with van der Waals surface area (Å²) in [6.45, 7) is 3.77. The molecule has 0 fully saturated rings. The Balaban J connectivity index is 2.09. The first kappa shape index (κ1) is 23.5. The van der Waals surface area contributed by atoms with Gasteiger partial charge in [-0.05, 0) is 36.2 Å². The maximum absolute atomic E-state index is 13.5. The fraction of sp³-hybridized carbons (Fsp3) is 0.250. The standard InChI is InChI=1S/C24H27N5O4/c1-3-4-14-28-21(25)20(22(31)27-24(28)33)29(15-17-8-6-5-7-9-17)23(32)18-10-12-19(13-11-18)26-16(2)30/h5-13H,3-4,14-15,25H2,1-2H3,(H,26,30)(H,27,31,33). The van der Waals surface area contributed by atoms with E-state index in [1.165, 1.54) is 16.4 Å². The maximum atomic E-state index is 13.5. The molecule has 9 heteroatoms. The Labute approximate surface area is 190 Å². The molecular weight excluding hydrogens is 422 g/mol. The van der Waals surface area contributed by atoms with Crippen LogP contribution in [0.3, 0.4) is 0 Å². The summed E-state index contributed by atoms with van der Waals surface area (Å²) in [6.07, 6.45) is 1.51. The van der Waals surface area contributed by atoms with E-state index in [2.05, 4.69) is 10.3 Å². The molecule has 9 nitrogen and oxygen atoms in total. The van der Waals surface area contributed by atoms with Crippen LogP contribution in [0.1, 0.15) is 42.6 Å². The average Bonchev–Trinajstić information content (AvgIpc) is 2.78. The van der Waals surface area contributed by atoms with Crippen LogP contribution in [0.25, 0.3) is 0 Å². The van der Waals surface area contributed by atoms with Gasteiger partial charge in [0.05, 0.1) is 6.54 Å². The zero-order chi connectivity index (χ0) is 24.0. The molecule has 0 saturated heterocycles. The molecule has 0 saturated carbocycles. The van der Waals surface area contributed by atoms with Crippen LogP contribution in [-0.2, 0) is 17.9 Å². The van der Waals surface area contributed by atoms with Gasteiger partial charge in [0, 0.05) is 24.7 Å². The van der Waals surface area contributed by atoms with Crippen LogP contribution in [0.5, 0.6) is 0 Å². The Kier molecular flexibility index (Phi) is 7.45. The van der Waals surface area contributed by atoms with Crippen molar-refractivity contribution in [2.45, 2.75) is 39.8 Å². The van der Waals surface area contributed by atoms with Crippen LogP contribution >= 0.6 is 0 Å². The second-order valence-electron chi connectivity index (χ2n) is 7.63. The van der Waals surface area contributed by atoms with E-state index in [0.717, 1.165) is 12.0 Å². The lowest BCUT2D eigenvalue weighted by atomic mass is 10.1. The van der Waals surface area contributed by atoms with E-state index in [0.29, 0.717) is 24.2 Å². The van der Waals surface area contributed by atoms with Gasteiger partial charge in [0.2, 0.25) is 5.91 Å². The second-order valence-corrected chi connectivity index (χ2v) is 7.63. The van der Waals surface area contributed by atoms with E-state index in [-0.39, 0.29) is 24.0 Å². The SMILES string of the molecule is CCCCn1c(N)c(N(Cc2ccccc2)C(=O)c2ccc(NC(C)=O)cc2)c(=O)[nH]c1=O. The number of nitrogens with two attached hydrogens (primary N) is 1. The minimum atomic E-state index is -0.732. The molecule has 0 atom stereocenters. The molecule has 33 heavy (non-hydrogen) atoms. The summed E-state index contributed by atoms with van der Waals surface area (Å²) in [5.74, 6) is -0.754. The number of carbonyl (C=O) groups is 2. The highest BCUT2D eigenvalue weighted by Gasteiger charge is 2.25. The second kappa shape index (κ2) is 10.4. The van der Waals surface area contributed by atoms with Crippen LogP contribution in [-0.4, -0.2) is 21.4 Å². The number of amides is 2. The van der Waals surface area contributed by atoms with E-state index in [9.17, 15) is 19.2 Å². The first-order valence-electron chi connectivity index (χ1n) is 10.7. The molecule has 0 aliphatic carbocycles. The maximum Gasteiger partial charge on any atom is 0.330 e. The summed E-state index contributed by atoms with van der Waals surface area (Å²) in [7, 11) is 0. The minimum Gasteiger partial charge on any atom is -0.383 e. The van der Waals surface area contributed by atoms with Crippen molar-refractivity contribution in [2.75, 3.05) is 16.0 Å². The van der Waals surface area contributed by atoms with Gasteiger partial charge in [-0.2, -0.15) is 0 Å². The van der Waals surface area contributed by atoms with Crippen molar-refractivity contribution in [1.29, 1.82) is 0 Å². The highest BCUT2D eigenvalue weighted by atomic mass is 16.2. The number of aromatic nitrogens is 2. The number of nitrogens with one attached hydrogen (secondary N) is 2. The van der Waals surface area contributed by atoms with Crippen molar-refractivity contribution >= 4 is 29.0 Å². The number of hydrogen-bond acceptors (Lipinski definition) is 5. The van der Waals surface area contributed by atoms with E-state index in [1.807, 2.05) is 37.3 Å². The van der Waals surface area contributed by atoms with Gasteiger partial charge >= 0.3 is 5.69 Å². The monoisotopic (exact) mass is 449 g/mol. The van der Waals surface area contributed by atoms with Crippen molar-refractivity contribution in [2.24, 2.45) is 0 Å². The Morgan fingerprint density at radius 2 is 1.73 bits per heavy atom. The van der Waals surface area contributed by atoms with Gasteiger partial charge in [0.25, 0.3) is 11.5 Å². The molecule has 0 radical (unpaired) electrons. The molecule has 4 N–H and O–H groups in total. The first-order valence-corrected chi connectivity index (χ1v) is 10.7. The number of benzene rings is 2. The molecule has 172 valence electrons. The van der Waals surface area contributed by atoms with Gasteiger partial charge in [0.1, 0.15) is 5.82 Å². The molecule has 1 aromatic heterocycles. The quantitative estimate of drug-likeness (QED) is 0.487. The largest absolute Gasteiger partial charge is 0.383 e. The molecule has 0 spiro atoms. The van der Waals surface area contributed by atoms with Crippen LogP contribution < -0.4 is 27.2 Å². The van der Waals surface area contributed by atoms with Gasteiger partial charge in [-0.1, -0.05) is 43.7 Å². The highest BCUT2D eigenvalue weighted by Crippen LogP contribution is 2.23. The third kappa shape index (κ3) is 5.57. The van der Waals surface area contributed by atoms with E-state index in [1.54, 1.807) is 24.3 Å². The molecule has 0 aliphatic rings. The predicted molar refractivity (Wildman–Crippen MR) is 128 cm³/mol. The summed E-state index contributed by atoms with van der Waals surface area (Å²) in [5.41, 5.74) is 6.48. The highest BCUT2D eigenvalue weighted by molar-refractivity contribution is 6.07. The van der Waals surface area contributed by atoms with Crippen molar-refractivity contribution in [3.8, 4) is 0 Å². The summed E-state index contributed by atoms with van der Waals surface area (Å²) in [5, 5.41) is 2.65. The average molecular weight is 450 g/mol. The van der Waals surface area contributed by atoms with Crippen molar-refractivity contribution in [3.63, 3.8) is 0 Å². The summed E-state index contributed by atoms with van der Waals surface area (Å²) in [6, 6.07) is 15.5. The van der Waals surface area contributed by atoms with Crippen LogP contribution in [0.2, 0.25) is 0 Å². The molecule has 1 heterocycles. The summed E-state index contributed by atoms with van der Waals surface area (Å²) in [4.78, 5) is 53.6. The van der Waals surface area contributed by atoms with Gasteiger partial charge < -0.3 is 11.1 Å². The van der Waals surface area contributed by atoms with Crippen LogP contribution in [0.4, 0.5) is 17.2 Å². The lowest BCUT2D eigenvalue weighted by Gasteiger charge is -2.25. The van der Waals surface area contributed by atoms with Crippen LogP contribution in [0.15, 0.2) is 64.2 Å². The molecule has 0 aliphatic heterocycles. The Morgan fingerprint density at radius 1 is 1.06 bits per heavy atom. The van der Waals surface area contributed by atoms with Crippen LogP contribution in [0, 0.1) is 0 Å². The molecular formula is C24H27N5O4. The number of nitrogen functional groups attached to an aromatic ring is 1. The number of rotatable bonds is 8. The Hall–Kier alpha value is -4.14. The van der Waals surface area contributed by atoms with Gasteiger partial charge in [-0.25, -0.2) is 4.79 Å². The van der Waals surface area contributed by atoms with Gasteiger partial charge in [-0.3, -0.25) is 28.8 Å². The summed E-state index contributed by atoms with van der Waals surface area (Å²) < 4.78 is 1.28. The topological polar surface area (TPSA) is 130 Å². The van der Waals surface area contributed by atoms with E-state index < -0.39 is 17.2 Å². The number of nitrogens with zero attached hydrogens (tertiary/aromatic N) is 2. The molecule has 2 amide bonds. The minimum absolute atomic E-state index is 0.0589. The van der Waals surface area contributed by atoms with Gasteiger partial charge in [0.15, 0.2) is 5.69 Å². The predicted octanol–water partition coefficient (Wildman–Crippen LogP) is 2.72. The molecule has 2 aromatic carbocycles. The van der Waals surface area contributed by atoms with E-state index in [4.69, 9.17) is 5.73 Å². The van der Waals surface area contributed by atoms with Crippen molar-refractivity contribution in [1.82, 2.24) is 9.55 Å². The number of anilines is 3. The smallest absolute Gasteiger partial charge is 0.330 e. The molecule has 0 unspecified atom stereocenters. The molecule has 3 rings (SSSR count). The molecule has 0 bridgehead atoms. The summed E-state index contributed by atoms with van der Waals surface area (Å²) >= 11 is 0. The first-order chi connectivity index (χ1) is 15.8. The van der Waals surface area contributed by atoms with Gasteiger partial charge in [-0.15, -0.1) is 0 Å². The fourth-order valence-electron chi connectivity index (χ4n) is 3.45. The third-order valence-electron chi connectivity index (χ3n) is 5.10. The lowest BCUT2D eigenvalue weighted by Crippen LogP contribution is -2.41. The number of unbranched alkanes of at least 4 members (excludes halogenated alkanes) is 1.